The number of aromatic nitrogens is 2. The lowest BCUT2D eigenvalue weighted by Gasteiger charge is -2.37. The minimum absolute atomic E-state index is 0.180. The molecule has 2 heterocycles. The first kappa shape index (κ1) is 12.1. The van der Waals surface area contributed by atoms with Gasteiger partial charge in [0, 0.05) is 45.0 Å². The van der Waals surface area contributed by atoms with Crippen molar-refractivity contribution in [3.8, 4) is 0 Å². The van der Waals surface area contributed by atoms with Crippen molar-refractivity contribution in [1.82, 2.24) is 19.6 Å². The van der Waals surface area contributed by atoms with Crippen molar-refractivity contribution in [2.75, 3.05) is 26.7 Å². The molecule has 17 heavy (non-hydrogen) atoms. The van der Waals surface area contributed by atoms with E-state index in [0.29, 0.717) is 6.54 Å². The molecule has 1 aromatic rings. The minimum Gasteiger partial charge on any atom is -0.368 e. The van der Waals surface area contributed by atoms with Crippen LogP contribution in [-0.2, 0) is 18.4 Å². The number of likely N-dealkylation sites (N-methyl/N-ethyl adjacent to an activating group) is 1. The smallest absolute Gasteiger partial charge is 0.236 e. The van der Waals surface area contributed by atoms with Crippen LogP contribution in [-0.4, -0.2) is 58.2 Å². The molecule has 6 nitrogen and oxygen atoms in total. The lowest BCUT2D eigenvalue weighted by Crippen LogP contribution is -2.56. The Hall–Kier alpha value is -1.40. The average molecular weight is 237 g/mol. The van der Waals surface area contributed by atoms with Crippen molar-refractivity contribution in [3.05, 3.63) is 18.0 Å². The Morgan fingerprint density at radius 1 is 1.53 bits per heavy atom. The van der Waals surface area contributed by atoms with Gasteiger partial charge in [-0.25, -0.2) is 0 Å². The van der Waals surface area contributed by atoms with Crippen LogP contribution in [0.15, 0.2) is 12.4 Å². The highest BCUT2D eigenvalue weighted by Gasteiger charge is 2.28. The molecule has 0 radical (unpaired) electrons. The number of aryl methyl sites for hydroxylation is 1. The standard InChI is InChI=1S/C11H19N5O/c1-14-3-4-16(8-10(14)11(12)17)7-9-5-13-15(2)6-9/h5-6,10H,3-4,7-8H2,1-2H3,(H2,12,17)/t10-/m0/s1. The lowest BCUT2D eigenvalue weighted by atomic mass is 10.1. The SMILES string of the molecule is CN1CCN(Cc2cnn(C)c2)C[C@H]1C(N)=O. The number of rotatable bonds is 3. The molecule has 1 saturated heterocycles. The first-order valence-corrected chi connectivity index (χ1v) is 5.75. The highest BCUT2D eigenvalue weighted by molar-refractivity contribution is 5.80. The molecule has 1 atom stereocenters. The van der Waals surface area contributed by atoms with E-state index in [1.54, 1.807) is 4.68 Å². The van der Waals surface area contributed by atoms with Crippen LogP contribution in [0.25, 0.3) is 0 Å². The van der Waals surface area contributed by atoms with Crippen molar-refractivity contribution in [2.45, 2.75) is 12.6 Å². The maximum atomic E-state index is 11.3. The maximum absolute atomic E-state index is 11.3. The molecule has 1 aromatic heterocycles. The third-order valence-corrected chi connectivity index (χ3v) is 3.23. The molecule has 6 heteroatoms. The molecular formula is C11H19N5O. The van der Waals surface area contributed by atoms with Gasteiger partial charge in [0.15, 0.2) is 0 Å². The number of nitrogens with zero attached hydrogens (tertiary/aromatic N) is 4. The van der Waals surface area contributed by atoms with Gasteiger partial charge in [-0.3, -0.25) is 19.3 Å². The van der Waals surface area contributed by atoms with Crippen molar-refractivity contribution >= 4 is 5.91 Å². The van der Waals surface area contributed by atoms with Crippen molar-refractivity contribution in [3.63, 3.8) is 0 Å². The second-order valence-electron chi connectivity index (χ2n) is 4.66. The van der Waals surface area contributed by atoms with Crippen LogP contribution in [0.4, 0.5) is 0 Å². The summed E-state index contributed by atoms with van der Waals surface area (Å²) in [7, 11) is 3.84. The van der Waals surface area contributed by atoms with E-state index in [1.807, 2.05) is 31.4 Å². The van der Waals surface area contributed by atoms with Gasteiger partial charge in [-0.1, -0.05) is 0 Å². The number of hydrogen-bond donors (Lipinski definition) is 1. The molecule has 0 aromatic carbocycles. The predicted octanol–water partition coefficient (Wildman–Crippen LogP) is -0.979. The van der Waals surface area contributed by atoms with Gasteiger partial charge in [-0.05, 0) is 7.05 Å². The fourth-order valence-corrected chi connectivity index (χ4v) is 2.19. The lowest BCUT2D eigenvalue weighted by molar-refractivity contribution is -0.125. The van der Waals surface area contributed by atoms with E-state index in [-0.39, 0.29) is 11.9 Å². The Labute approximate surface area is 101 Å². The molecule has 1 aliphatic rings. The van der Waals surface area contributed by atoms with Gasteiger partial charge in [0.25, 0.3) is 0 Å². The van der Waals surface area contributed by atoms with E-state index in [0.717, 1.165) is 19.6 Å². The number of carbonyl (C=O) groups excluding carboxylic acids is 1. The molecule has 0 saturated carbocycles. The van der Waals surface area contributed by atoms with Crippen LogP contribution < -0.4 is 5.73 Å². The van der Waals surface area contributed by atoms with Gasteiger partial charge in [0.2, 0.25) is 5.91 Å². The third kappa shape index (κ3) is 2.83. The molecule has 0 aliphatic carbocycles. The van der Waals surface area contributed by atoms with E-state index in [2.05, 4.69) is 10.00 Å². The summed E-state index contributed by atoms with van der Waals surface area (Å²) in [6.45, 7) is 3.34. The summed E-state index contributed by atoms with van der Waals surface area (Å²) in [5.74, 6) is -0.247. The topological polar surface area (TPSA) is 67.4 Å². The molecule has 1 aliphatic heterocycles. The zero-order chi connectivity index (χ0) is 12.4. The summed E-state index contributed by atoms with van der Waals surface area (Å²) < 4.78 is 1.79. The number of hydrogen-bond acceptors (Lipinski definition) is 4. The first-order chi connectivity index (χ1) is 8.06. The Morgan fingerprint density at radius 2 is 2.29 bits per heavy atom. The molecule has 0 unspecified atom stereocenters. The molecule has 94 valence electrons. The molecule has 0 spiro atoms. The second kappa shape index (κ2) is 4.85. The predicted molar refractivity (Wildman–Crippen MR) is 64.1 cm³/mol. The van der Waals surface area contributed by atoms with E-state index < -0.39 is 0 Å². The van der Waals surface area contributed by atoms with Gasteiger partial charge >= 0.3 is 0 Å². The Balaban J connectivity index is 1.96. The van der Waals surface area contributed by atoms with Crippen LogP contribution in [0.2, 0.25) is 0 Å². The summed E-state index contributed by atoms with van der Waals surface area (Å²) in [5.41, 5.74) is 6.56. The monoisotopic (exact) mass is 237 g/mol. The third-order valence-electron chi connectivity index (χ3n) is 3.23. The van der Waals surface area contributed by atoms with Crippen LogP contribution in [0.3, 0.4) is 0 Å². The molecule has 2 rings (SSSR count). The molecular weight excluding hydrogens is 218 g/mol. The number of piperazine rings is 1. The number of amides is 1. The van der Waals surface area contributed by atoms with E-state index in [4.69, 9.17) is 5.73 Å². The summed E-state index contributed by atoms with van der Waals surface area (Å²) in [4.78, 5) is 15.6. The summed E-state index contributed by atoms with van der Waals surface area (Å²) in [6, 6.07) is -0.180. The highest BCUT2D eigenvalue weighted by atomic mass is 16.1. The van der Waals surface area contributed by atoms with E-state index in [1.165, 1.54) is 5.56 Å². The Kier molecular flexibility index (Phi) is 3.44. The maximum Gasteiger partial charge on any atom is 0.236 e. The quantitative estimate of drug-likeness (QED) is 0.734. The van der Waals surface area contributed by atoms with Crippen LogP contribution >= 0.6 is 0 Å². The summed E-state index contributed by atoms with van der Waals surface area (Å²) >= 11 is 0. The zero-order valence-corrected chi connectivity index (χ0v) is 10.3. The van der Waals surface area contributed by atoms with Crippen LogP contribution in [0.5, 0.6) is 0 Å². The van der Waals surface area contributed by atoms with Gasteiger partial charge < -0.3 is 5.73 Å². The molecule has 1 fully saturated rings. The number of nitrogens with two attached hydrogens (primary N) is 1. The highest BCUT2D eigenvalue weighted by Crippen LogP contribution is 2.11. The fourth-order valence-electron chi connectivity index (χ4n) is 2.19. The van der Waals surface area contributed by atoms with E-state index in [9.17, 15) is 4.79 Å². The van der Waals surface area contributed by atoms with Crippen molar-refractivity contribution in [1.29, 1.82) is 0 Å². The average Bonchev–Trinajstić information content (AvgIpc) is 2.66. The largest absolute Gasteiger partial charge is 0.368 e. The van der Waals surface area contributed by atoms with Crippen LogP contribution in [0.1, 0.15) is 5.56 Å². The Morgan fingerprint density at radius 3 is 2.88 bits per heavy atom. The molecule has 0 bridgehead atoms. The Bertz CT molecular complexity index is 402. The van der Waals surface area contributed by atoms with Gasteiger partial charge in [-0.15, -0.1) is 0 Å². The number of primary amides is 1. The number of carbonyl (C=O) groups is 1. The van der Waals surface area contributed by atoms with Gasteiger partial charge in [0.1, 0.15) is 6.04 Å². The molecule has 2 N–H and O–H groups in total. The minimum atomic E-state index is -0.247. The fraction of sp³-hybridized carbons (Fsp3) is 0.636. The van der Waals surface area contributed by atoms with E-state index >= 15 is 0 Å². The van der Waals surface area contributed by atoms with Gasteiger partial charge in [-0.2, -0.15) is 5.10 Å². The normalized spacial score (nSPS) is 22.8. The summed E-state index contributed by atoms with van der Waals surface area (Å²) in [6.07, 6.45) is 3.86. The van der Waals surface area contributed by atoms with Crippen molar-refractivity contribution in [2.24, 2.45) is 12.8 Å². The second-order valence-corrected chi connectivity index (χ2v) is 4.66. The first-order valence-electron chi connectivity index (χ1n) is 5.75. The van der Waals surface area contributed by atoms with Crippen LogP contribution in [0, 0.1) is 0 Å². The molecule has 1 amide bonds. The zero-order valence-electron chi connectivity index (χ0n) is 10.3. The van der Waals surface area contributed by atoms with Gasteiger partial charge in [0.05, 0.1) is 6.20 Å². The summed E-state index contributed by atoms with van der Waals surface area (Å²) in [5, 5.41) is 4.14. The van der Waals surface area contributed by atoms with Crippen molar-refractivity contribution < 1.29 is 4.79 Å².